The summed E-state index contributed by atoms with van der Waals surface area (Å²) in [4.78, 5) is 12.3. The van der Waals surface area contributed by atoms with E-state index < -0.39 is 23.2 Å². The summed E-state index contributed by atoms with van der Waals surface area (Å²) in [5.74, 6) is -2.67. The predicted molar refractivity (Wildman–Crippen MR) is 109 cm³/mol. The van der Waals surface area contributed by atoms with Crippen molar-refractivity contribution in [3.63, 3.8) is 0 Å². The highest BCUT2D eigenvalue weighted by Crippen LogP contribution is 2.33. The Morgan fingerprint density at radius 1 is 0.966 bits per heavy atom. The van der Waals surface area contributed by atoms with Crippen molar-refractivity contribution in [1.82, 2.24) is 0 Å². The second kappa shape index (κ2) is 10.4. The van der Waals surface area contributed by atoms with E-state index in [1.807, 2.05) is 19.1 Å². The van der Waals surface area contributed by atoms with Gasteiger partial charge in [0.2, 0.25) is 5.82 Å². The van der Waals surface area contributed by atoms with Crippen molar-refractivity contribution in [2.24, 2.45) is 0 Å². The summed E-state index contributed by atoms with van der Waals surface area (Å²) in [6.45, 7) is 2.35. The Balaban J connectivity index is 1.63. The fraction of sp³-hybridized carbons (Fsp3) is 0.458. The molecular weight excluding hydrogens is 374 g/mol. The number of benzene rings is 2. The van der Waals surface area contributed by atoms with Crippen molar-refractivity contribution in [3.05, 3.63) is 59.2 Å². The van der Waals surface area contributed by atoms with Crippen LogP contribution in [0.15, 0.2) is 36.4 Å². The van der Waals surface area contributed by atoms with Crippen LogP contribution in [-0.4, -0.2) is 12.6 Å². The molecule has 0 spiro atoms. The van der Waals surface area contributed by atoms with Crippen LogP contribution in [0, 0.1) is 11.6 Å². The molecule has 5 heteroatoms. The molecule has 3 rings (SSSR count). The Bertz CT molecular complexity index is 812. The van der Waals surface area contributed by atoms with Gasteiger partial charge in [0.15, 0.2) is 11.6 Å². The van der Waals surface area contributed by atoms with Gasteiger partial charge in [0.05, 0.1) is 12.2 Å². The molecule has 0 amide bonds. The molecule has 0 bridgehead atoms. The van der Waals surface area contributed by atoms with E-state index in [0.29, 0.717) is 18.3 Å². The Morgan fingerprint density at radius 3 is 2.38 bits per heavy atom. The highest BCUT2D eigenvalue weighted by atomic mass is 19.2. The number of ether oxygens (including phenoxy) is 2. The Hall–Kier alpha value is -2.43. The summed E-state index contributed by atoms with van der Waals surface area (Å²) >= 11 is 0. The van der Waals surface area contributed by atoms with E-state index in [-0.39, 0.29) is 5.75 Å². The summed E-state index contributed by atoms with van der Waals surface area (Å²) in [7, 11) is 0. The average Bonchev–Trinajstić information content (AvgIpc) is 2.75. The molecule has 3 nitrogen and oxygen atoms in total. The highest BCUT2D eigenvalue weighted by Gasteiger charge is 2.21. The number of carbonyl (C=O) groups is 1. The van der Waals surface area contributed by atoms with Crippen LogP contribution >= 0.6 is 0 Å². The van der Waals surface area contributed by atoms with E-state index in [4.69, 9.17) is 9.47 Å². The van der Waals surface area contributed by atoms with Crippen LogP contribution in [-0.2, 0) is 0 Å². The minimum absolute atomic E-state index is 0.188. The summed E-state index contributed by atoms with van der Waals surface area (Å²) in [6, 6.07) is 9.79. The summed E-state index contributed by atoms with van der Waals surface area (Å²) in [5, 5.41) is 0. The summed E-state index contributed by atoms with van der Waals surface area (Å²) in [6.07, 6.45) is 8.85. The van der Waals surface area contributed by atoms with Crippen LogP contribution in [0.4, 0.5) is 8.78 Å². The molecule has 1 fully saturated rings. The minimum atomic E-state index is -1.25. The normalized spacial score (nSPS) is 14.6. The van der Waals surface area contributed by atoms with Crippen LogP contribution in [0.25, 0.3) is 0 Å². The molecular formula is C24H28F2O3. The third kappa shape index (κ3) is 5.55. The third-order valence-electron chi connectivity index (χ3n) is 5.44. The second-order valence-electron chi connectivity index (χ2n) is 7.59. The van der Waals surface area contributed by atoms with Crippen molar-refractivity contribution >= 4 is 5.97 Å². The Kier molecular flexibility index (Phi) is 7.62. The van der Waals surface area contributed by atoms with Gasteiger partial charge in [-0.3, -0.25) is 0 Å². The number of carbonyl (C=O) groups excluding carboxylic acids is 1. The van der Waals surface area contributed by atoms with Gasteiger partial charge in [-0.05, 0) is 55.0 Å². The SMILES string of the molecule is CCCCCOc1ccc(C(=O)Oc2ccc(C3CCCCC3)cc2)c(F)c1F. The molecule has 29 heavy (non-hydrogen) atoms. The monoisotopic (exact) mass is 402 g/mol. The van der Waals surface area contributed by atoms with Crippen molar-refractivity contribution in [2.45, 2.75) is 64.2 Å². The molecule has 2 aromatic rings. The van der Waals surface area contributed by atoms with Gasteiger partial charge in [-0.15, -0.1) is 0 Å². The van der Waals surface area contributed by atoms with Gasteiger partial charge in [0, 0.05) is 0 Å². The smallest absolute Gasteiger partial charge is 0.346 e. The topological polar surface area (TPSA) is 35.5 Å². The zero-order valence-electron chi connectivity index (χ0n) is 16.9. The van der Waals surface area contributed by atoms with Crippen molar-refractivity contribution in [3.8, 4) is 11.5 Å². The van der Waals surface area contributed by atoms with E-state index in [9.17, 15) is 13.6 Å². The highest BCUT2D eigenvalue weighted by molar-refractivity contribution is 5.91. The average molecular weight is 402 g/mol. The molecule has 1 aliphatic carbocycles. The maximum absolute atomic E-state index is 14.3. The number of halogens is 2. The van der Waals surface area contributed by atoms with Crippen molar-refractivity contribution in [2.75, 3.05) is 6.61 Å². The minimum Gasteiger partial charge on any atom is -0.490 e. The first kappa shape index (κ1) is 21.3. The fourth-order valence-corrected chi connectivity index (χ4v) is 3.74. The first-order valence-corrected chi connectivity index (χ1v) is 10.5. The number of unbranched alkanes of at least 4 members (excludes halogenated alkanes) is 2. The van der Waals surface area contributed by atoms with Crippen LogP contribution in [0.5, 0.6) is 11.5 Å². The largest absolute Gasteiger partial charge is 0.490 e. The Labute approximate surface area is 171 Å². The van der Waals surface area contributed by atoms with E-state index in [1.54, 1.807) is 12.1 Å². The van der Waals surface area contributed by atoms with Crippen LogP contribution in [0.2, 0.25) is 0 Å². The maximum Gasteiger partial charge on any atom is 0.346 e. The van der Waals surface area contributed by atoms with Gasteiger partial charge in [0.1, 0.15) is 5.75 Å². The molecule has 0 aromatic heterocycles. The standard InChI is InChI=1S/C24H28F2O3/c1-2-3-7-16-28-21-15-14-20(22(25)23(21)26)24(27)29-19-12-10-18(11-13-19)17-8-5-4-6-9-17/h10-15,17H,2-9,16H2,1H3. The van der Waals surface area contributed by atoms with Gasteiger partial charge >= 0.3 is 5.97 Å². The summed E-state index contributed by atoms with van der Waals surface area (Å²) < 4.78 is 39.1. The molecule has 0 radical (unpaired) electrons. The van der Waals surface area contributed by atoms with Crippen molar-refractivity contribution < 1.29 is 23.0 Å². The lowest BCUT2D eigenvalue weighted by Crippen LogP contribution is -2.13. The molecule has 0 atom stereocenters. The molecule has 0 heterocycles. The zero-order valence-corrected chi connectivity index (χ0v) is 16.9. The van der Waals surface area contributed by atoms with Gasteiger partial charge in [-0.25, -0.2) is 9.18 Å². The zero-order chi connectivity index (χ0) is 20.6. The van der Waals surface area contributed by atoms with Crippen LogP contribution in [0.3, 0.4) is 0 Å². The van der Waals surface area contributed by atoms with Gasteiger partial charge in [-0.2, -0.15) is 4.39 Å². The van der Waals surface area contributed by atoms with Gasteiger partial charge in [0.25, 0.3) is 0 Å². The Morgan fingerprint density at radius 2 is 1.69 bits per heavy atom. The molecule has 0 aliphatic heterocycles. The molecule has 1 aliphatic rings. The predicted octanol–water partition coefficient (Wildman–Crippen LogP) is 6.80. The molecule has 0 unspecified atom stereocenters. The van der Waals surface area contributed by atoms with E-state index in [2.05, 4.69) is 0 Å². The lowest BCUT2D eigenvalue weighted by atomic mass is 9.84. The molecule has 2 aromatic carbocycles. The molecule has 0 saturated heterocycles. The van der Waals surface area contributed by atoms with Crippen LogP contribution in [0.1, 0.15) is 80.1 Å². The number of rotatable bonds is 8. The maximum atomic E-state index is 14.3. The van der Waals surface area contributed by atoms with E-state index in [0.717, 1.165) is 19.3 Å². The van der Waals surface area contributed by atoms with Crippen LogP contribution < -0.4 is 9.47 Å². The number of esters is 1. The quantitative estimate of drug-likeness (QED) is 0.277. The molecule has 1 saturated carbocycles. The second-order valence-corrected chi connectivity index (χ2v) is 7.59. The molecule has 0 N–H and O–H groups in total. The number of hydrogen-bond donors (Lipinski definition) is 0. The summed E-state index contributed by atoms with van der Waals surface area (Å²) in [5.41, 5.74) is 0.783. The van der Waals surface area contributed by atoms with E-state index >= 15 is 0 Å². The van der Waals surface area contributed by atoms with Gasteiger partial charge < -0.3 is 9.47 Å². The number of hydrogen-bond acceptors (Lipinski definition) is 3. The van der Waals surface area contributed by atoms with E-state index in [1.165, 1.54) is 49.8 Å². The first-order valence-electron chi connectivity index (χ1n) is 10.5. The lowest BCUT2D eigenvalue weighted by Gasteiger charge is -2.22. The van der Waals surface area contributed by atoms with Gasteiger partial charge in [-0.1, -0.05) is 51.2 Å². The fourth-order valence-electron chi connectivity index (χ4n) is 3.74. The van der Waals surface area contributed by atoms with Crippen molar-refractivity contribution in [1.29, 1.82) is 0 Å². The third-order valence-corrected chi connectivity index (χ3v) is 5.44. The first-order chi connectivity index (χ1) is 14.1. The molecule has 156 valence electrons. The lowest BCUT2D eigenvalue weighted by molar-refractivity contribution is 0.0728.